The van der Waals surface area contributed by atoms with Gasteiger partial charge in [-0.2, -0.15) is 0 Å². The van der Waals surface area contributed by atoms with Gasteiger partial charge in [0.05, 0.1) is 7.11 Å². The summed E-state index contributed by atoms with van der Waals surface area (Å²) < 4.78 is 16.8. The molecule has 1 rings (SSSR count). The van der Waals surface area contributed by atoms with Crippen LogP contribution in [0.4, 0.5) is 0 Å². The van der Waals surface area contributed by atoms with Crippen LogP contribution in [-0.2, 0) is 10.8 Å². The number of hydrogen-bond acceptors (Lipinski definition) is 3. The molecule has 0 radical (unpaired) electrons. The van der Waals surface area contributed by atoms with Crippen molar-refractivity contribution in [1.82, 2.24) is 0 Å². The van der Waals surface area contributed by atoms with Crippen molar-refractivity contribution >= 4 is 10.8 Å². The lowest BCUT2D eigenvalue weighted by atomic mass is 10.1. The molecule has 4 heteroatoms. The summed E-state index contributed by atoms with van der Waals surface area (Å²) in [6.45, 7) is 3.88. The van der Waals surface area contributed by atoms with Crippen molar-refractivity contribution < 1.29 is 8.95 Å². The number of hydrogen-bond donors (Lipinski definition) is 1. The number of nitrogens with two attached hydrogens (primary N) is 1. The van der Waals surface area contributed by atoms with Crippen molar-refractivity contribution in [3.63, 3.8) is 0 Å². The molecule has 2 N–H and O–H groups in total. The van der Waals surface area contributed by atoms with E-state index in [1.165, 1.54) is 0 Å². The average molecular weight is 241 g/mol. The third-order valence-electron chi connectivity index (χ3n) is 2.39. The van der Waals surface area contributed by atoms with Crippen LogP contribution < -0.4 is 10.5 Å². The molecule has 0 spiro atoms. The first-order valence-corrected chi connectivity index (χ1v) is 6.69. The van der Waals surface area contributed by atoms with Gasteiger partial charge in [0.25, 0.3) is 0 Å². The lowest BCUT2D eigenvalue weighted by molar-refractivity contribution is 0.414. The molecule has 2 atom stereocenters. The smallest absolute Gasteiger partial charge is 0.119 e. The largest absolute Gasteiger partial charge is 0.497 e. The highest BCUT2D eigenvalue weighted by Gasteiger charge is 2.13. The maximum Gasteiger partial charge on any atom is 0.119 e. The maximum absolute atomic E-state index is 11.7. The van der Waals surface area contributed by atoms with E-state index in [1.807, 2.05) is 38.1 Å². The quantitative estimate of drug-likeness (QED) is 0.856. The highest BCUT2D eigenvalue weighted by atomic mass is 32.2. The fourth-order valence-corrected chi connectivity index (χ4v) is 2.27. The van der Waals surface area contributed by atoms with E-state index in [1.54, 1.807) is 7.11 Å². The lowest BCUT2D eigenvalue weighted by Gasteiger charge is -2.14. The summed E-state index contributed by atoms with van der Waals surface area (Å²) in [4.78, 5) is 0. The Bertz CT molecular complexity index is 366. The average Bonchev–Trinajstić information content (AvgIpc) is 2.28. The second kappa shape index (κ2) is 6.01. The van der Waals surface area contributed by atoms with Crippen LogP contribution >= 0.6 is 0 Å². The van der Waals surface area contributed by atoms with E-state index in [0.29, 0.717) is 5.75 Å². The van der Waals surface area contributed by atoms with Crippen molar-refractivity contribution in [2.45, 2.75) is 25.1 Å². The van der Waals surface area contributed by atoms with E-state index >= 15 is 0 Å². The molecular formula is C12H19NO2S. The predicted molar refractivity (Wildman–Crippen MR) is 68.1 cm³/mol. The van der Waals surface area contributed by atoms with Crippen LogP contribution in [0.2, 0.25) is 0 Å². The normalized spacial score (nSPS) is 14.8. The van der Waals surface area contributed by atoms with Gasteiger partial charge in [0.15, 0.2) is 0 Å². The molecule has 0 aliphatic heterocycles. The summed E-state index contributed by atoms with van der Waals surface area (Å²) in [6.07, 6.45) is 0. The fraction of sp³-hybridized carbons (Fsp3) is 0.500. The van der Waals surface area contributed by atoms with E-state index < -0.39 is 10.8 Å². The molecular weight excluding hydrogens is 222 g/mol. The third-order valence-corrected chi connectivity index (χ3v) is 4.13. The minimum atomic E-state index is -0.877. The van der Waals surface area contributed by atoms with Crippen molar-refractivity contribution in [2.75, 3.05) is 12.9 Å². The zero-order valence-corrected chi connectivity index (χ0v) is 10.8. The Morgan fingerprint density at radius 3 is 2.69 bits per heavy atom. The maximum atomic E-state index is 11.7. The predicted octanol–water partition coefficient (Wildman–Crippen LogP) is 1.85. The summed E-state index contributed by atoms with van der Waals surface area (Å²) in [7, 11) is 0.745. The number of ether oxygens (including phenoxy) is 1. The summed E-state index contributed by atoms with van der Waals surface area (Å²) in [5.41, 5.74) is 6.97. The van der Waals surface area contributed by atoms with E-state index in [2.05, 4.69) is 0 Å². The van der Waals surface area contributed by atoms with Gasteiger partial charge >= 0.3 is 0 Å². The molecule has 0 aliphatic carbocycles. The van der Waals surface area contributed by atoms with Crippen LogP contribution in [0.3, 0.4) is 0 Å². The molecule has 0 heterocycles. The van der Waals surface area contributed by atoms with E-state index in [4.69, 9.17) is 10.5 Å². The Labute approximate surface area is 99.4 Å². The van der Waals surface area contributed by atoms with Gasteiger partial charge in [-0.1, -0.05) is 26.0 Å². The zero-order chi connectivity index (χ0) is 12.1. The molecule has 0 saturated heterocycles. The molecule has 0 fully saturated rings. The van der Waals surface area contributed by atoms with Crippen molar-refractivity contribution in [3.8, 4) is 5.75 Å². The van der Waals surface area contributed by atoms with Gasteiger partial charge in [-0.3, -0.25) is 4.21 Å². The SMILES string of the molecule is COc1cccc(C(N)CS(=O)C(C)C)c1. The van der Waals surface area contributed by atoms with Crippen LogP contribution in [0, 0.1) is 0 Å². The highest BCUT2D eigenvalue weighted by Crippen LogP contribution is 2.18. The second-order valence-corrected chi connectivity index (χ2v) is 6.02. The molecule has 1 aromatic rings. The van der Waals surface area contributed by atoms with Crippen molar-refractivity contribution in [3.05, 3.63) is 29.8 Å². The van der Waals surface area contributed by atoms with Crippen molar-refractivity contribution in [1.29, 1.82) is 0 Å². The van der Waals surface area contributed by atoms with E-state index in [0.717, 1.165) is 11.3 Å². The van der Waals surface area contributed by atoms with Gasteiger partial charge in [0, 0.05) is 27.8 Å². The first-order chi connectivity index (χ1) is 7.54. The number of rotatable bonds is 5. The molecule has 1 aromatic carbocycles. The van der Waals surface area contributed by atoms with Gasteiger partial charge < -0.3 is 10.5 Å². The molecule has 0 saturated carbocycles. The molecule has 90 valence electrons. The standard InChI is InChI=1S/C12H19NO2S/c1-9(2)16(14)8-12(13)10-5-4-6-11(7-10)15-3/h4-7,9,12H,8,13H2,1-3H3. The Balaban J connectivity index is 2.72. The molecule has 0 aromatic heterocycles. The van der Waals surface area contributed by atoms with Gasteiger partial charge in [0.1, 0.15) is 5.75 Å². The van der Waals surface area contributed by atoms with Crippen LogP contribution in [0.15, 0.2) is 24.3 Å². The zero-order valence-electron chi connectivity index (χ0n) is 9.97. The minimum absolute atomic E-state index is 0.150. The van der Waals surface area contributed by atoms with Gasteiger partial charge in [0.2, 0.25) is 0 Å². The summed E-state index contributed by atoms with van der Waals surface area (Å²) >= 11 is 0. The molecule has 2 unspecified atom stereocenters. The Morgan fingerprint density at radius 2 is 2.12 bits per heavy atom. The second-order valence-electron chi connectivity index (χ2n) is 3.98. The van der Waals surface area contributed by atoms with Crippen LogP contribution in [0.25, 0.3) is 0 Å². The van der Waals surface area contributed by atoms with Crippen LogP contribution in [0.1, 0.15) is 25.5 Å². The number of benzene rings is 1. The molecule has 0 amide bonds. The molecule has 16 heavy (non-hydrogen) atoms. The fourth-order valence-electron chi connectivity index (χ4n) is 1.34. The van der Waals surface area contributed by atoms with E-state index in [9.17, 15) is 4.21 Å². The molecule has 3 nitrogen and oxygen atoms in total. The third kappa shape index (κ3) is 3.61. The summed E-state index contributed by atoms with van der Waals surface area (Å²) in [6, 6.07) is 7.40. The first kappa shape index (κ1) is 13.2. The Morgan fingerprint density at radius 1 is 1.44 bits per heavy atom. The molecule has 0 aliphatic rings. The Hall–Kier alpha value is -0.870. The topological polar surface area (TPSA) is 52.3 Å². The Kier molecular flexibility index (Phi) is 4.96. The van der Waals surface area contributed by atoms with Gasteiger partial charge in [-0.15, -0.1) is 0 Å². The molecule has 0 bridgehead atoms. The summed E-state index contributed by atoms with van der Waals surface area (Å²) in [5.74, 6) is 1.27. The minimum Gasteiger partial charge on any atom is -0.497 e. The number of methoxy groups -OCH3 is 1. The van der Waals surface area contributed by atoms with Crippen LogP contribution in [-0.4, -0.2) is 22.3 Å². The van der Waals surface area contributed by atoms with Gasteiger partial charge in [-0.05, 0) is 17.7 Å². The highest BCUT2D eigenvalue weighted by molar-refractivity contribution is 7.85. The lowest BCUT2D eigenvalue weighted by Crippen LogP contribution is -2.22. The first-order valence-electron chi connectivity index (χ1n) is 5.31. The summed E-state index contributed by atoms with van der Waals surface area (Å²) in [5, 5.41) is 0.150. The van der Waals surface area contributed by atoms with Crippen LogP contribution in [0.5, 0.6) is 5.75 Å². The van der Waals surface area contributed by atoms with E-state index in [-0.39, 0.29) is 11.3 Å². The van der Waals surface area contributed by atoms with Crippen molar-refractivity contribution in [2.24, 2.45) is 5.73 Å². The monoisotopic (exact) mass is 241 g/mol. The van der Waals surface area contributed by atoms with Gasteiger partial charge in [-0.25, -0.2) is 0 Å².